The van der Waals surface area contributed by atoms with Crippen molar-refractivity contribution in [1.82, 2.24) is 15.1 Å². The first-order valence-corrected chi connectivity index (χ1v) is 9.35. The van der Waals surface area contributed by atoms with Gasteiger partial charge in [0.25, 0.3) is 5.91 Å². The third kappa shape index (κ3) is 3.60. The SMILES string of the molecule is NCC1CN(Cc2ccc3c(c2)C(=O)N(C2CCC(=O)NC2=O)C3)CCO1. The molecule has 0 saturated carbocycles. The molecule has 3 amide bonds. The second-order valence-electron chi connectivity index (χ2n) is 7.36. The standard InChI is InChI=1S/C19H24N4O4/c20-8-14-11-22(5-6-27-14)9-12-1-2-13-10-23(19(26)15(13)7-12)16-3-4-17(24)21-18(16)25/h1-2,7,14,16H,3-6,8-11,20H2,(H,21,24,25). The molecule has 3 aliphatic rings. The largest absolute Gasteiger partial charge is 0.374 e. The smallest absolute Gasteiger partial charge is 0.255 e. The van der Waals surface area contributed by atoms with Crippen LogP contribution in [0.15, 0.2) is 18.2 Å². The quantitative estimate of drug-likeness (QED) is 0.698. The number of amides is 3. The third-order valence-corrected chi connectivity index (χ3v) is 5.48. The molecule has 1 aromatic rings. The summed E-state index contributed by atoms with van der Waals surface area (Å²) >= 11 is 0. The number of piperidine rings is 1. The van der Waals surface area contributed by atoms with E-state index < -0.39 is 6.04 Å². The van der Waals surface area contributed by atoms with Gasteiger partial charge in [-0.3, -0.25) is 24.6 Å². The number of hydrogen-bond donors (Lipinski definition) is 2. The molecule has 2 unspecified atom stereocenters. The van der Waals surface area contributed by atoms with Crippen molar-refractivity contribution >= 4 is 17.7 Å². The lowest BCUT2D eigenvalue weighted by atomic mass is 10.0. The Kier molecular flexibility index (Phi) is 4.94. The molecule has 4 rings (SSSR count). The monoisotopic (exact) mass is 372 g/mol. The Balaban J connectivity index is 1.46. The average molecular weight is 372 g/mol. The summed E-state index contributed by atoms with van der Waals surface area (Å²) in [5.41, 5.74) is 8.34. The third-order valence-electron chi connectivity index (χ3n) is 5.48. The fraction of sp³-hybridized carbons (Fsp3) is 0.526. The zero-order chi connectivity index (χ0) is 19.0. The van der Waals surface area contributed by atoms with E-state index >= 15 is 0 Å². The van der Waals surface area contributed by atoms with Gasteiger partial charge in [-0.1, -0.05) is 12.1 Å². The van der Waals surface area contributed by atoms with E-state index in [9.17, 15) is 14.4 Å². The maximum atomic E-state index is 12.9. The van der Waals surface area contributed by atoms with Gasteiger partial charge in [0, 0.05) is 44.7 Å². The summed E-state index contributed by atoms with van der Waals surface area (Å²) < 4.78 is 5.60. The van der Waals surface area contributed by atoms with Crippen LogP contribution in [0.5, 0.6) is 0 Å². The van der Waals surface area contributed by atoms with Crippen LogP contribution in [0.25, 0.3) is 0 Å². The molecule has 2 saturated heterocycles. The van der Waals surface area contributed by atoms with E-state index in [0.29, 0.717) is 31.7 Å². The lowest BCUT2D eigenvalue weighted by Gasteiger charge is -2.32. The number of hydrogen-bond acceptors (Lipinski definition) is 6. The Morgan fingerprint density at radius 1 is 1.26 bits per heavy atom. The van der Waals surface area contributed by atoms with Crippen LogP contribution >= 0.6 is 0 Å². The van der Waals surface area contributed by atoms with E-state index in [2.05, 4.69) is 10.2 Å². The van der Waals surface area contributed by atoms with Crippen molar-refractivity contribution in [2.45, 2.75) is 38.1 Å². The Morgan fingerprint density at radius 2 is 2.11 bits per heavy atom. The minimum absolute atomic E-state index is 0.0535. The topological polar surface area (TPSA) is 105 Å². The van der Waals surface area contributed by atoms with Gasteiger partial charge in [-0.05, 0) is 23.6 Å². The zero-order valence-electron chi connectivity index (χ0n) is 15.1. The van der Waals surface area contributed by atoms with Crippen molar-refractivity contribution in [2.24, 2.45) is 5.73 Å². The minimum Gasteiger partial charge on any atom is -0.374 e. The fourth-order valence-corrected chi connectivity index (χ4v) is 4.03. The van der Waals surface area contributed by atoms with Gasteiger partial charge in [-0.2, -0.15) is 0 Å². The molecule has 27 heavy (non-hydrogen) atoms. The van der Waals surface area contributed by atoms with Crippen molar-refractivity contribution in [3.63, 3.8) is 0 Å². The van der Waals surface area contributed by atoms with E-state index in [1.165, 1.54) is 0 Å². The second-order valence-corrected chi connectivity index (χ2v) is 7.36. The molecule has 0 aliphatic carbocycles. The highest BCUT2D eigenvalue weighted by molar-refractivity contribution is 6.05. The van der Waals surface area contributed by atoms with Crippen molar-refractivity contribution in [3.05, 3.63) is 34.9 Å². The number of rotatable bonds is 4. The number of fused-ring (bicyclic) bond motifs is 1. The molecule has 0 bridgehead atoms. The number of morpholine rings is 1. The number of carbonyl (C=O) groups excluding carboxylic acids is 3. The van der Waals surface area contributed by atoms with Gasteiger partial charge in [0.05, 0.1) is 12.7 Å². The highest BCUT2D eigenvalue weighted by Gasteiger charge is 2.39. The van der Waals surface area contributed by atoms with Gasteiger partial charge in [0.15, 0.2) is 0 Å². The number of carbonyl (C=O) groups is 3. The van der Waals surface area contributed by atoms with Crippen LogP contribution < -0.4 is 11.1 Å². The fourth-order valence-electron chi connectivity index (χ4n) is 4.03. The molecule has 144 valence electrons. The molecule has 3 aliphatic heterocycles. The number of nitrogens with one attached hydrogen (secondary N) is 1. The predicted molar refractivity (Wildman–Crippen MR) is 96.6 cm³/mol. The van der Waals surface area contributed by atoms with Crippen LogP contribution in [-0.4, -0.2) is 65.9 Å². The maximum Gasteiger partial charge on any atom is 0.255 e. The lowest BCUT2D eigenvalue weighted by Crippen LogP contribution is -2.52. The maximum absolute atomic E-state index is 12.9. The van der Waals surface area contributed by atoms with Crippen LogP contribution in [0.1, 0.15) is 34.3 Å². The minimum atomic E-state index is -0.574. The van der Waals surface area contributed by atoms with Crippen LogP contribution in [0.4, 0.5) is 0 Å². The first-order valence-electron chi connectivity index (χ1n) is 9.35. The average Bonchev–Trinajstić information content (AvgIpc) is 2.98. The normalized spacial score (nSPS) is 26.3. The lowest BCUT2D eigenvalue weighted by molar-refractivity contribution is -0.136. The predicted octanol–water partition coefficient (Wildman–Crippen LogP) is -0.393. The van der Waals surface area contributed by atoms with E-state index in [1.54, 1.807) is 4.90 Å². The molecule has 0 radical (unpaired) electrons. The van der Waals surface area contributed by atoms with Gasteiger partial charge >= 0.3 is 0 Å². The Hall–Kier alpha value is -2.29. The highest BCUT2D eigenvalue weighted by Crippen LogP contribution is 2.28. The van der Waals surface area contributed by atoms with Crippen LogP contribution in [-0.2, 0) is 27.4 Å². The molecular formula is C19H24N4O4. The summed E-state index contributed by atoms with van der Waals surface area (Å²) in [5.74, 6) is -0.791. The number of nitrogens with two attached hydrogens (primary N) is 1. The molecule has 0 aromatic heterocycles. The summed E-state index contributed by atoms with van der Waals surface area (Å²) in [5, 5.41) is 2.33. The summed E-state index contributed by atoms with van der Waals surface area (Å²) in [4.78, 5) is 40.2. The molecule has 1 aromatic carbocycles. The molecule has 8 nitrogen and oxygen atoms in total. The summed E-state index contributed by atoms with van der Waals surface area (Å²) in [6, 6.07) is 5.36. The Labute approximate surface area is 157 Å². The molecule has 8 heteroatoms. The highest BCUT2D eigenvalue weighted by atomic mass is 16.5. The second kappa shape index (κ2) is 7.38. The van der Waals surface area contributed by atoms with Gasteiger partial charge in [-0.15, -0.1) is 0 Å². The van der Waals surface area contributed by atoms with Gasteiger partial charge in [0.1, 0.15) is 6.04 Å². The van der Waals surface area contributed by atoms with Crippen molar-refractivity contribution < 1.29 is 19.1 Å². The first kappa shape index (κ1) is 18.1. The molecule has 2 atom stereocenters. The van der Waals surface area contributed by atoms with Crippen molar-refractivity contribution in [2.75, 3.05) is 26.2 Å². The van der Waals surface area contributed by atoms with Gasteiger partial charge in [0.2, 0.25) is 11.8 Å². The molecular weight excluding hydrogens is 348 g/mol. The van der Waals surface area contributed by atoms with Gasteiger partial charge in [-0.25, -0.2) is 0 Å². The van der Waals surface area contributed by atoms with E-state index in [4.69, 9.17) is 10.5 Å². The van der Waals surface area contributed by atoms with Crippen LogP contribution in [0, 0.1) is 0 Å². The van der Waals surface area contributed by atoms with Gasteiger partial charge < -0.3 is 15.4 Å². The summed E-state index contributed by atoms with van der Waals surface area (Å²) in [7, 11) is 0. The Bertz CT molecular complexity index is 781. The van der Waals surface area contributed by atoms with Crippen LogP contribution in [0.3, 0.4) is 0 Å². The van der Waals surface area contributed by atoms with Crippen molar-refractivity contribution in [1.29, 1.82) is 0 Å². The van der Waals surface area contributed by atoms with E-state index in [-0.39, 0.29) is 30.2 Å². The van der Waals surface area contributed by atoms with Crippen LogP contribution in [0.2, 0.25) is 0 Å². The number of imide groups is 1. The molecule has 2 fully saturated rings. The number of ether oxygens (including phenoxy) is 1. The molecule has 0 spiro atoms. The summed E-state index contributed by atoms with van der Waals surface area (Å²) in [6.45, 7) is 3.93. The van der Waals surface area contributed by atoms with E-state index in [0.717, 1.165) is 30.8 Å². The summed E-state index contributed by atoms with van der Waals surface area (Å²) in [6.07, 6.45) is 0.699. The number of nitrogens with zero attached hydrogens (tertiary/aromatic N) is 2. The molecule has 3 N–H and O–H groups in total. The Morgan fingerprint density at radius 3 is 2.89 bits per heavy atom. The number of benzene rings is 1. The van der Waals surface area contributed by atoms with E-state index in [1.807, 2.05) is 18.2 Å². The molecule has 3 heterocycles. The zero-order valence-corrected chi connectivity index (χ0v) is 15.1. The van der Waals surface area contributed by atoms with Crippen molar-refractivity contribution in [3.8, 4) is 0 Å². The first-order chi connectivity index (χ1) is 13.0.